The van der Waals surface area contributed by atoms with E-state index in [1.165, 1.54) is 9.78 Å². The fourth-order valence-corrected chi connectivity index (χ4v) is 5.65. The third kappa shape index (κ3) is 5.06. The Morgan fingerprint density at radius 2 is 1.35 bits per heavy atom. The Morgan fingerprint density at radius 3 is 1.91 bits per heavy atom. The van der Waals surface area contributed by atoms with Gasteiger partial charge in [0.15, 0.2) is 0 Å². The summed E-state index contributed by atoms with van der Waals surface area (Å²) >= 11 is 1.78. The molecular weight excluding hydrogens is 444 g/mol. The number of nitrogens with zero attached hydrogens (tertiary/aromatic N) is 3. The van der Waals surface area contributed by atoms with Gasteiger partial charge >= 0.3 is 6.03 Å². The first-order valence-electron chi connectivity index (χ1n) is 11.8. The molecule has 2 aliphatic heterocycles. The largest absolute Gasteiger partial charge is 0.326 e. The van der Waals surface area contributed by atoms with E-state index in [1.54, 1.807) is 11.3 Å². The van der Waals surface area contributed by atoms with Gasteiger partial charge in [-0.05, 0) is 22.6 Å². The minimum atomic E-state index is -0.971. The van der Waals surface area contributed by atoms with Crippen molar-refractivity contribution < 1.29 is 9.59 Å². The monoisotopic (exact) mass is 474 g/mol. The van der Waals surface area contributed by atoms with Crippen LogP contribution in [0.3, 0.4) is 0 Å². The van der Waals surface area contributed by atoms with Gasteiger partial charge in [-0.3, -0.25) is 14.6 Å². The van der Waals surface area contributed by atoms with Crippen LogP contribution < -0.4 is 5.32 Å². The minimum Gasteiger partial charge on any atom is -0.322 e. The van der Waals surface area contributed by atoms with Gasteiger partial charge in [-0.15, -0.1) is 11.3 Å². The van der Waals surface area contributed by atoms with Gasteiger partial charge in [0, 0.05) is 50.4 Å². The van der Waals surface area contributed by atoms with E-state index in [9.17, 15) is 9.59 Å². The predicted octanol–water partition coefficient (Wildman–Crippen LogP) is 3.60. The zero-order chi connectivity index (χ0) is 23.4. The average molecular weight is 475 g/mol. The summed E-state index contributed by atoms with van der Waals surface area (Å²) in [5, 5.41) is 5.21. The molecule has 2 aromatic carbocycles. The van der Waals surface area contributed by atoms with Crippen molar-refractivity contribution in [3.8, 4) is 0 Å². The van der Waals surface area contributed by atoms with Gasteiger partial charge < -0.3 is 5.32 Å². The van der Waals surface area contributed by atoms with Gasteiger partial charge in [0.1, 0.15) is 5.54 Å². The van der Waals surface area contributed by atoms with Gasteiger partial charge in [-0.1, -0.05) is 66.7 Å². The topological polar surface area (TPSA) is 55.9 Å². The number of urea groups is 1. The molecule has 1 aromatic heterocycles. The van der Waals surface area contributed by atoms with Crippen LogP contribution >= 0.6 is 11.3 Å². The molecule has 176 valence electrons. The summed E-state index contributed by atoms with van der Waals surface area (Å²) in [7, 11) is 0. The molecule has 34 heavy (non-hydrogen) atoms. The van der Waals surface area contributed by atoms with E-state index in [0.29, 0.717) is 19.5 Å². The smallest absolute Gasteiger partial charge is 0.322 e. The molecule has 3 amide bonds. The molecule has 0 spiro atoms. The molecule has 0 bridgehead atoms. The van der Waals surface area contributed by atoms with Crippen LogP contribution in [0.25, 0.3) is 0 Å². The fraction of sp³-hybridized carbons (Fsp3) is 0.333. The van der Waals surface area contributed by atoms with E-state index in [1.807, 2.05) is 60.7 Å². The Morgan fingerprint density at radius 1 is 0.765 bits per heavy atom. The molecule has 1 N–H and O–H groups in total. The molecule has 0 radical (unpaired) electrons. The summed E-state index contributed by atoms with van der Waals surface area (Å²) in [6.07, 6.45) is 0.941. The maximum Gasteiger partial charge on any atom is 0.326 e. The van der Waals surface area contributed by atoms with E-state index in [2.05, 4.69) is 32.6 Å². The molecule has 0 unspecified atom stereocenters. The highest BCUT2D eigenvalue weighted by Gasteiger charge is 2.51. The summed E-state index contributed by atoms with van der Waals surface area (Å²) in [6, 6.07) is 23.8. The zero-order valence-corrected chi connectivity index (χ0v) is 20.0. The Bertz CT molecular complexity index is 1050. The molecule has 0 aliphatic carbocycles. The van der Waals surface area contributed by atoms with Gasteiger partial charge in [0.05, 0.1) is 6.67 Å². The molecule has 0 saturated carbocycles. The highest BCUT2D eigenvalue weighted by molar-refractivity contribution is 7.09. The molecule has 7 heteroatoms. The summed E-state index contributed by atoms with van der Waals surface area (Å²) in [4.78, 5) is 34.3. The molecule has 2 saturated heterocycles. The van der Waals surface area contributed by atoms with Crippen molar-refractivity contribution in [3.05, 3.63) is 94.2 Å². The van der Waals surface area contributed by atoms with E-state index >= 15 is 0 Å². The molecule has 3 aromatic rings. The number of piperazine rings is 1. The van der Waals surface area contributed by atoms with Crippen molar-refractivity contribution in [1.29, 1.82) is 0 Å². The lowest BCUT2D eigenvalue weighted by atomic mass is 9.84. The van der Waals surface area contributed by atoms with Crippen LogP contribution in [0.2, 0.25) is 0 Å². The molecule has 0 atom stereocenters. The van der Waals surface area contributed by atoms with Crippen LogP contribution in [0.1, 0.15) is 16.0 Å². The number of hydrogen-bond donors (Lipinski definition) is 1. The maximum absolute atomic E-state index is 13.8. The van der Waals surface area contributed by atoms with Crippen molar-refractivity contribution in [2.24, 2.45) is 0 Å². The first kappa shape index (κ1) is 22.8. The number of hydrogen-bond acceptors (Lipinski definition) is 5. The lowest BCUT2D eigenvalue weighted by molar-refractivity contribution is -0.133. The number of imide groups is 1. The van der Waals surface area contributed by atoms with Crippen molar-refractivity contribution in [1.82, 2.24) is 20.0 Å². The second kappa shape index (κ2) is 10.1. The lowest BCUT2D eigenvalue weighted by Crippen LogP contribution is -2.53. The molecule has 6 nitrogen and oxygen atoms in total. The summed E-state index contributed by atoms with van der Waals surface area (Å²) in [6.45, 7) is 4.84. The molecule has 2 aliphatic rings. The van der Waals surface area contributed by atoms with E-state index in [0.717, 1.165) is 43.9 Å². The number of carbonyl (C=O) groups excluding carboxylic acids is 2. The molecule has 3 heterocycles. The van der Waals surface area contributed by atoms with Gasteiger partial charge in [-0.2, -0.15) is 0 Å². The Balaban J connectivity index is 1.28. The predicted molar refractivity (Wildman–Crippen MR) is 134 cm³/mol. The Hall–Kier alpha value is -3.00. The lowest BCUT2D eigenvalue weighted by Gasteiger charge is -2.36. The summed E-state index contributed by atoms with van der Waals surface area (Å²) in [5.41, 5.74) is 1.10. The number of carbonyl (C=O) groups is 2. The second-order valence-electron chi connectivity index (χ2n) is 9.19. The number of thiophene rings is 1. The maximum atomic E-state index is 13.8. The zero-order valence-electron chi connectivity index (χ0n) is 19.2. The molecule has 2 fully saturated rings. The molecular formula is C27H30N4O2S. The SMILES string of the molecule is O=C1NC(Cc2ccccc2)(Cc2ccccc2)C(=O)N1CN1CCN(Cc2cccs2)CC1. The highest BCUT2D eigenvalue weighted by atomic mass is 32.1. The van der Waals surface area contributed by atoms with Gasteiger partial charge in [0.2, 0.25) is 0 Å². The third-order valence-corrected chi connectivity index (χ3v) is 7.57. The van der Waals surface area contributed by atoms with Crippen LogP contribution in [-0.4, -0.2) is 65.0 Å². The normalized spacial score (nSPS) is 18.9. The van der Waals surface area contributed by atoms with Crippen LogP contribution in [0.15, 0.2) is 78.2 Å². The van der Waals surface area contributed by atoms with Gasteiger partial charge in [0.25, 0.3) is 5.91 Å². The average Bonchev–Trinajstić information content (AvgIpc) is 3.44. The van der Waals surface area contributed by atoms with E-state index in [-0.39, 0.29) is 11.9 Å². The van der Waals surface area contributed by atoms with E-state index < -0.39 is 5.54 Å². The number of nitrogens with one attached hydrogen (secondary N) is 1. The molecule has 5 rings (SSSR count). The van der Waals surface area contributed by atoms with Gasteiger partial charge in [-0.25, -0.2) is 9.69 Å². The summed E-state index contributed by atoms with van der Waals surface area (Å²) in [5.74, 6) is -0.133. The van der Waals surface area contributed by atoms with E-state index in [4.69, 9.17) is 0 Å². The quantitative estimate of drug-likeness (QED) is 0.507. The fourth-order valence-electron chi connectivity index (χ4n) is 4.91. The van der Waals surface area contributed by atoms with Crippen LogP contribution in [-0.2, 0) is 24.2 Å². The van der Waals surface area contributed by atoms with Crippen LogP contribution in [0, 0.1) is 0 Å². The minimum absolute atomic E-state index is 0.133. The van der Waals surface area contributed by atoms with Crippen LogP contribution in [0.5, 0.6) is 0 Å². The second-order valence-corrected chi connectivity index (χ2v) is 10.2. The van der Waals surface area contributed by atoms with Crippen molar-refractivity contribution in [3.63, 3.8) is 0 Å². The Kier molecular flexibility index (Phi) is 6.76. The van der Waals surface area contributed by atoms with Crippen LogP contribution in [0.4, 0.5) is 4.79 Å². The Labute approximate surface area is 204 Å². The highest BCUT2D eigenvalue weighted by Crippen LogP contribution is 2.28. The first-order valence-corrected chi connectivity index (χ1v) is 12.7. The third-order valence-electron chi connectivity index (χ3n) is 6.71. The number of rotatable bonds is 8. The standard InChI is InChI=1S/C27H30N4O2S/c32-25-27(18-22-8-3-1-4-9-22,19-23-10-5-2-6-11-23)28-26(33)31(25)21-30-15-13-29(14-16-30)20-24-12-7-17-34-24/h1-12,17H,13-16,18-21H2,(H,28,33). The first-order chi connectivity index (χ1) is 16.6. The van der Waals surface area contributed by atoms with Crippen molar-refractivity contribution in [2.75, 3.05) is 32.8 Å². The van der Waals surface area contributed by atoms with Crippen molar-refractivity contribution >= 4 is 23.3 Å². The number of amides is 3. The summed E-state index contributed by atoms with van der Waals surface area (Å²) < 4.78 is 0. The number of benzene rings is 2. The van der Waals surface area contributed by atoms with Crippen molar-refractivity contribution in [2.45, 2.75) is 24.9 Å².